The molecule has 5 heteroatoms. The van der Waals surface area contributed by atoms with Crippen LogP contribution in [0.3, 0.4) is 0 Å². The first-order chi connectivity index (χ1) is 9.02. The maximum atomic E-state index is 13.6. The van der Waals surface area contributed by atoms with Crippen molar-refractivity contribution >= 4 is 5.78 Å². The minimum Gasteiger partial charge on any atom is -0.458 e. The van der Waals surface area contributed by atoms with Gasteiger partial charge in [-0.1, -0.05) is 6.07 Å². The fraction of sp³-hybridized carbons (Fsp3) is 0.143. The molecule has 1 atom stereocenters. The van der Waals surface area contributed by atoms with Crippen LogP contribution in [-0.4, -0.2) is 5.78 Å². The van der Waals surface area contributed by atoms with Crippen LogP contribution in [0.1, 0.15) is 27.8 Å². The van der Waals surface area contributed by atoms with E-state index in [4.69, 9.17) is 9.68 Å². The average molecular weight is 261 g/mol. The van der Waals surface area contributed by atoms with Gasteiger partial charge in [0.25, 0.3) is 0 Å². The summed E-state index contributed by atoms with van der Waals surface area (Å²) in [5.74, 6) is -3.21. The third-order valence-electron chi connectivity index (χ3n) is 2.65. The summed E-state index contributed by atoms with van der Waals surface area (Å²) in [6.45, 7) is 1.65. The molecule has 0 fully saturated rings. The number of aryl methyl sites for hydroxylation is 1. The van der Waals surface area contributed by atoms with Crippen LogP contribution >= 0.6 is 0 Å². The van der Waals surface area contributed by atoms with Crippen LogP contribution < -0.4 is 0 Å². The van der Waals surface area contributed by atoms with E-state index in [-0.39, 0.29) is 11.3 Å². The highest BCUT2D eigenvalue weighted by Crippen LogP contribution is 2.24. The Bertz CT molecular complexity index is 670. The van der Waals surface area contributed by atoms with Crippen molar-refractivity contribution in [2.45, 2.75) is 12.8 Å². The summed E-state index contributed by atoms with van der Waals surface area (Å²) in [6.07, 6.45) is 0. The second kappa shape index (κ2) is 5.02. The molecular formula is C14H9F2NO2. The van der Waals surface area contributed by atoms with Gasteiger partial charge in [-0.3, -0.25) is 4.79 Å². The molecule has 2 rings (SSSR count). The van der Waals surface area contributed by atoms with Gasteiger partial charge in [-0.15, -0.1) is 0 Å². The Kier molecular flexibility index (Phi) is 3.43. The molecule has 0 bridgehead atoms. The summed E-state index contributed by atoms with van der Waals surface area (Å²) in [7, 11) is 0. The molecule has 2 aromatic rings. The Morgan fingerprint density at radius 2 is 2.05 bits per heavy atom. The topological polar surface area (TPSA) is 54.0 Å². The van der Waals surface area contributed by atoms with Crippen LogP contribution in [0.5, 0.6) is 0 Å². The summed E-state index contributed by atoms with van der Waals surface area (Å²) < 4.78 is 31.5. The summed E-state index contributed by atoms with van der Waals surface area (Å²) >= 11 is 0. The van der Waals surface area contributed by atoms with Gasteiger partial charge in [-0.25, -0.2) is 8.78 Å². The summed E-state index contributed by atoms with van der Waals surface area (Å²) in [6, 6.07) is 7.44. The van der Waals surface area contributed by atoms with Crippen LogP contribution in [0.15, 0.2) is 34.7 Å². The van der Waals surface area contributed by atoms with Crippen LogP contribution in [0, 0.1) is 29.9 Å². The van der Waals surface area contributed by atoms with Crippen molar-refractivity contribution in [2.24, 2.45) is 0 Å². The predicted molar refractivity (Wildman–Crippen MR) is 62.5 cm³/mol. The number of Topliss-reactive ketones (excluding diaryl/α,β-unsaturated/α-hetero) is 1. The summed E-state index contributed by atoms with van der Waals surface area (Å²) in [5.41, 5.74) is -0.164. The SMILES string of the molecule is Cc1ccc(C(=O)C(C#N)c2ccc(F)cc2F)o1. The molecular weight excluding hydrogens is 252 g/mol. The molecule has 0 amide bonds. The molecule has 0 spiro atoms. The fourth-order valence-electron chi connectivity index (χ4n) is 1.71. The zero-order valence-corrected chi connectivity index (χ0v) is 9.98. The summed E-state index contributed by atoms with van der Waals surface area (Å²) in [5, 5.41) is 9.04. The Balaban J connectivity index is 2.40. The first-order valence-electron chi connectivity index (χ1n) is 5.48. The lowest BCUT2D eigenvalue weighted by Gasteiger charge is -2.08. The average Bonchev–Trinajstić information content (AvgIpc) is 2.79. The van der Waals surface area contributed by atoms with Crippen molar-refractivity contribution in [1.29, 1.82) is 5.26 Å². The second-order valence-electron chi connectivity index (χ2n) is 4.00. The molecule has 96 valence electrons. The molecule has 1 aromatic carbocycles. The highest BCUT2D eigenvalue weighted by molar-refractivity contribution is 6.00. The molecule has 0 saturated carbocycles. The number of halogens is 2. The molecule has 1 unspecified atom stereocenters. The van der Waals surface area contributed by atoms with Crippen molar-refractivity contribution in [3.8, 4) is 6.07 Å². The van der Waals surface area contributed by atoms with E-state index in [1.165, 1.54) is 6.07 Å². The molecule has 0 aliphatic heterocycles. The highest BCUT2D eigenvalue weighted by Gasteiger charge is 2.27. The van der Waals surface area contributed by atoms with Gasteiger partial charge in [-0.2, -0.15) is 5.26 Å². The number of furan rings is 1. The van der Waals surface area contributed by atoms with E-state index in [9.17, 15) is 13.6 Å². The Labute approximate surface area is 108 Å². The molecule has 3 nitrogen and oxygen atoms in total. The number of rotatable bonds is 3. The van der Waals surface area contributed by atoms with E-state index < -0.39 is 23.3 Å². The molecule has 0 radical (unpaired) electrons. The molecule has 19 heavy (non-hydrogen) atoms. The lowest BCUT2D eigenvalue weighted by atomic mass is 9.94. The van der Waals surface area contributed by atoms with Crippen LogP contribution in [0.25, 0.3) is 0 Å². The number of hydrogen-bond donors (Lipinski definition) is 0. The molecule has 0 saturated heterocycles. The van der Waals surface area contributed by atoms with E-state index in [0.717, 1.165) is 12.1 Å². The fourth-order valence-corrected chi connectivity index (χ4v) is 1.71. The van der Waals surface area contributed by atoms with E-state index in [2.05, 4.69) is 0 Å². The first-order valence-corrected chi connectivity index (χ1v) is 5.48. The van der Waals surface area contributed by atoms with Crippen LogP contribution in [-0.2, 0) is 0 Å². The van der Waals surface area contributed by atoms with Gasteiger partial charge in [0.05, 0.1) is 6.07 Å². The first kappa shape index (κ1) is 13.0. The number of carbonyl (C=O) groups is 1. The standard InChI is InChI=1S/C14H9F2NO2/c1-8-2-5-13(19-8)14(18)11(7-17)10-4-3-9(15)6-12(10)16/h2-6,11H,1H3. The predicted octanol–water partition coefficient (Wildman–Crippen LogP) is 3.36. The molecule has 0 N–H and O–H groups in total. The third-order valence-corrected chi connectivity index (χ3v) is 2.65. The van der Waals surface area contributed by atoms with Crippen molar-refractivity contribution in [3.63, 3.8) is 0 Å². The summed E-state index contributed by atoms with van der Waals surface area (Å²) in [4.78, 5) is 12.1. The molecule has 0 aliphatic rings. The lowest BCUT2D eigenvalue weighted by molar-refractivity contribution is 0.0949. The smallest absolute Gasteiger partial charge is 0.219 e. The Hall–Kier alpha value is -2.48. The zero-order valence-electron chi connectivity index (χ0n) is 9.98. The van der Waals surface area contributed by atoms with Crippen LogP contribution in [0.4, 0.5) is 8.78 Å². The Morgan fingerprint density at radius 3 is 2.58 bits per heavy atom. The zero-order chi connectivity index (χ0) is 14.0. The van der Waals surface area contributed by atoms with Gasteiger partial charge in [0.2, 0.25) is 5.78 Å². The van der Waals surface area contributed by atoms with Crippen molar-refractivity contribution in [1.82, 2.24) is 0 Å². The number of carbonyl (C=O) groups excluding carboxylic acids is 1. The van der Waals surface area contributed by atoms with Crippen molar-refractivity contribution < 1.29 is 18.0 Å². The number of nitriles is 1. The van der Waals surface area contributed by atoms with Gasteiger partial charge >= 0.3 is 0 Å². The van der Waals surface area contributed by atoms with Gasteiger partial charge in [-0.05, 0) is 25.1 Å². The number of hydrogen-bond acceptors (Lipinski definition) is 3. The maximum Gasteiger partial charge on any atom is 0.219 e. The minimum atomic E-state index is -1.36. The molecule has 0 aliphatic carbocycles. The quantitative estimate of drug-likeness (QED) is 0.796. The second-order valence-corrected chi connectivity index (χ2v) is 4.00. The molecule has 1 aromatic heterocycles. The van der Waals surface area contributed by atoms with Gasteiger partial charge in [0, 0.05) is 11.6 Å². The van der Waals surface area contributed by atoms with E-state index in [0.29, 0.717) is 11.8 Å². The number of ketones is 1. The van der Waals surface area contributed by atoms with Gasteiger partial charge in [0.1, 0.15) is 23.3 Å². The van der Waals surface area contributed by atoms with E-state index >= 15 is 0 Å². The Morgan fingerprint density at radius 1 is 1.32 bits per heavy atom. The van der Waals surface area contributed by atoms with Gasteiger partial charge in [0.15, 0.2) is 5.76 Å². The number of benzene rings is 1. The lowest BCUT2D eigenvalue weighted by Crippen LogP contribution is -2.12. The monoisotopic (exact) mass is 261 g/mol. The van der Waals surface area contributed by atoms with Crippen molar-refractivity contribution in [2.75, 3.05) is 0 Å². The van der Waals surface area contributed by atoms with Crippen molar-refractivity contribution in [3.05, 3.63) is 59.1 Å². The largest absolute Gasteiger partial charge is 0.458 e. The third kappa shape index (κ3) is 2.52. The van der Waals surface area contributed by atoms with E-state index in [1.54, 1.807) is 19.1 Å². The van der Waals surface area contributed by atoms with E-state index in [1.807, 2.05) is 0 Å². The van der Waals surface area contributed by atoms with Crippen LogP contribution in [0.2, 0.25) is 0 Å². The minimum absolute atomic E-state index is 0.0206. The van der Waals surface area contributed by atoms with Gasteiger partial charge < -0.3 is 4.42 Å². The number of nitrogens with zero attached hydrogens (tertiary/aromatic N) is 1. The maximum absolute atomic E-state index is 13.6. The normalized spacial score (nSPS) is 11.9. The molecule has 1 heterocycles. The highest BCUT2D eigenvalue weighted by atomic mass is 19.1.